The number of alkyl halides is 3. The summed E-state index contributed by atoms with van der Waals surface area (Å²) in [5.74, 6) is 0. The lowest BCUT2D eigenvalue weighted by Gasteiger charge is -2.07. The SMILES string of the molecule is Cc1ccc(-c2ccc(C(F)(F)F)nc2)nc1C. The molecule has 0 aliphatic carbocycles. The minimum absolute atomic E-state index is 0.575. The molecule has 0 spiro atoms. The lowest BCUT2D eigenvalue weighted by molar-refractivity contribution is -0.141. The van der Waals surface area contributed by atoms with Crippen LogP contribution in [-0.2, 0) is 6.18 Å². The van der Waals surface area contributed by atoms with Crippen LogP contribution in [0, 0.1) is 13.8 Å². The van der Waals surface area contributed by atoms with Gasteiger partial charge in [0.15, 0.2) is 0 Å². The Morgan fingerprint density at radius 1 is 1.00 bits per heavy atom. The van der Waals surface area contributed by atoms with Gasteiger partial charge in [-0.15, -0.1) is 0 Å². The summed E-state index contributed by atoms with van der Waals surface area (Å²) >= 11 is 0. The van der Waals surface area contributed by atoms with Gasteiger partial charge in [0.2, 0.25) is 0 Å². The topological polar surface area (TPSA) is 25.8 Å². The Kier molecular flexibility index (Phi) is 3.07. The molecule has 0 aliphatic rings. The Hall–Kier alpha value is -1.91. The molecule has 0 amide bonds. The summed E-state index contributed by atoms with van der Waals surface area (Å²) in [7, 11) is 0. The van der Waals surface area contributed by atoms with Crippen LogP contribution in [0.15, 0.2) is 30.5 Å². The number of pyridine rings is 2. The molecule has 0 fully saturated rings. The highest BCUT2D eigenvalue weighted by Gasteiger charge is 2.32. The van der Waals surface area contributed by atoms with Crippen LogP contribution in [0.25, 0.3) is 11.3 Å². The van der Waals surface area contributed by atoms with E-state index in [9.17, 15) is 13.2 Å². The molecule has 0 atom stereocenters. The van der Waals surface area contributed by atoms with E-state index in [2.05, 4.69) is 9.97 Å². The molecular weight excluding hydrogens is 241 g/mol. The van der Waals surface area contributed by atoms with Gasteiger partial charge in [0.25, 0.3) is 0 Å². The van der Waals surface area contributed by atoms with Crippen LogP contribution in [0.1, 0.15) is 17.0 Å². The molecule has 2 heterocycles. The minimum atomic E-state index is -4.41. The van der Waals surface area contributed by atoms with Gasteiger partial charge in [0, 0.05) is 17.5 Å². The van der Waals surface area contributed by atoms with Crippen LogP contribution in [-0.4, -0.2) is 9.97 Å². The van der Waals surface area contributed by atoms with Gasteiger partial charge in [-0.3, -0.25) is 9.97 Å². The number of nitrogens with zero attached hydrogens (tertiary/aromatic N) is 2. The fourth-order valence-corrected chi connectivity index (χ4v) is 1.50. The molecule has 0 N–H and O–H groups in total. The molecule has 0 aromatic carbocycles. The summed E-state index contributed by atoms with van der Waals surface area (Å²) < 4.78 is 37.1. The van der Waals surface area contributed by atoms with Crippen molar-refractivity contribution < 1.29 is 13.2 Å². The second kappa shape index (κ2) is 4.40. The minimum Gasteiger partial charge on any atom is -0.253 e. The first-order valence-corrected chi connectivity index (χ1v) is 5.36. The smallest absolute Gasteiger partial charge is 0.253 e. The molecule has 0 aliphatic heterocycles. The van der Waals surface area contributed by atoms with E-state index in [1.54, 1.807) is 6.07 Å². The highest BCUT2D eigenvalue weighted by Crippen LogP contribution is 2.28. The second-order valence-electron chi connectivity index (χ2n) is 4.03. The van der Waals surface area contributed by atoms with Crippen molar-refractivity contribution in [1.82, 2.24) is 9.97 Å². The zero-order valence-electron chi connectivity index (χ0n) is 9.92. The Labute approximate surface area is 103 Å². The predicted octanol–water partition coefficient (Wildman–Crippen LogP) is 3.78. The van der Waals surface area contributed by atoms with Gasteiger partial charge < -0.3 is 0 Å². The number of rotatable bonds is 1. The van der Waals surface area contributed by atoms with Crippen LogP contribution in [0.4, 0.5) is 13.2 Å². The van der Waals surface area contributed by atoms with Crippen LogP contribution in [0.5, 0.6) is 0 Å². The van der Waals surface area contributed by atoms with Gasteiger partial charge in [-0.25, -0.2) is 0 Å². The molecule has 0 radical (unpaired) electrons. The average Bonchev–Trinajstić information content (AvgIpc) is 2.32. The molecule has 0 saturated carbocycles. The Morgan fingerprint density at radius 3 is 2.22 bits per heavy atom. The van der Waals surface area contributed by atoms with Crippen molar-refractivity contribution >= 4 is 0 Å². The first-order chi connectivity index (χ1) is 8.38. The standard InChI is InChI=1S/C13H11F3N2/c1-8-3-5-11(18-9(8)2)10-4-6-12(17-7-10)13(14,15)16/h3-7H,1-2H3. The fraction of sp³-hybridized carbons (Fsp3) is 0.231. The quantitative estimate of drug-likeness (QED) is 0.771. The van der Waals surface area contributed by atoms with Gasteiger partial charge in [-0.05, 0) is 37.6 Å². The lowest BCUT2D eigenvalue weighted by Crippen LogP contribution is -2.07. The van der Waals surface area contributed by atoms with E-state index < -0.39 is 11.9 Å². The van der Waals surface area contributed by atoms with Crippen molar-refractivity contribution in [2.75, 3.05) is 0 Å². The van der Waals surface area contributed by atoms with E-state index >= 15 is 0 Å². The molecular formula is C13H11F3N2. The largest absolute Gasteiger partial charge is 0.433 e. The summed E-state index contributed by atoms with van der Waals surface area (Å²) in [5.41, 5.74) is 2.20. The molecule has 5 heteroatoms. The zero-order chi connectivity index (χ0) is 13.3. The number of hydrogen-bond acceptors (Lipinski definition) is 2. The van der Waals surface area contributed by atoms with Gasteiger partial charge in [0.05, 0.1) is 5.69 Å². The highest BCUT2D eigenvalue weighted by atomic mass is 19.4. The van der Waals surface area contributed by atoms with Crippen molar-refractivity contribution in [2.45, 2.75) is 20.0 Å². The summed E-state index contributed by atoms with van der Waals surface area (Å²) in [6.07, 6.45) is -3.21. The van der Waals surface area contributed by atoms with Crippen LogP contribution in [0.3, 0.4) is 0 Å². The molecule has 2 aromatic heterocycles. The predicted molar refractivity (Wildman–Crippen MR) is 61.9 cm³/mol. The van der Waals surface area contributed by atoms with Crippen molar-refractivity contribution in [3.05, 3.63) is 47.4 Å². The average molecular weight is 252 g/mol. The summed E-state index contributed by atoms with van der Waals surface area (Å²) in [6.45, 7) is 3.79. The summed E-state index contributed by atoms with van der Waals surface area (Å²) in [4.78, 5) is 7.73. The van der Waals surface area contributed by atoms with Crippen molar-refractivity contribution in [3.8, 4) is 11.3 Å². The molecule has 18 heavy (non-hydrogen) atoms. The Morgan fingerprint density at radius 2 is 1.72 bits per heavy atom. The molecule has 2 aromatic rings. The maximum Gasteiger partial charge on any atom is 0.433 e. The van der Waals surface area contributed by atoms with Gasteiger partial charge in [-0.1, -0.05) is 6.07 Å². The Balaban J connectivity index is 2.37. The third-order valence-electron chi connectivity index (χ3n) is 2.70. The normalized spacial score (nSPS) is 11.6. The molecule has 0 saturated heterocycles. The molecule has 0 unspecified atom stereocenters. The molecule has 94 valence electrons. The van der Waals surface area contributed by atoms with Crippen LogP contribution >= 0.6 is 0 Å². The highest BCUT2D eigenvalue weighted by molar-refractivity contribution is 5.58. The van der Waals surface area contributed by atoms with Gasteiger partial charge >= 0.3 is 6.18 Å². The molecule has 2 nitrogen and oxygen atoms in total. The number of hydrogen-bond donors (Lipinski definition) is 0. The van der Waals surface area contributed by atoms with Crippen molar-refractivity contribution in [3.63, 3.8) is 0 Å². The maximum atomic E-state index is 12.4. The van der Waals surface area contributed by atoms with Gasteiger partial charge in [-0.2, -0.15) is 13.2 Å². The maximum absolute atomic E-state index is 12.4. The first kappa shape index (κ1) is 12.5. The van der Waals surface area contributed by atoms with Crippen molar-refractivity contribution in [2.24, 2.45) is 0 Å². The summed E-state index contributed by atoms with van der Waals surface area (Å²) in [5, 5.41) is 0. The summed E-state index contributed by atoms with van der Waals surface area (Å²) in [6, 6.07) is 6.00. The molecule has 0 bridgehead atoms. The van der Waals surface area contributed by atoms with E-state index in [-0.39, 0.29) is 0 Å². The number of aryl methyl sites for hydroxylation is 2. The van der Waals surface area contributed by atoms with E-state index in [0.717, 1.165) is 17.3 Å². The van der Waals surface area contributed by atoms with Crippen molar-refractivity contribution in [1.29, 1.82) is 0 Å². The zero-order valence-corrected chi connectivity index (χ0v) is 9.92. The van der Waals surface area contributed by atoms with Crippen LogP contribution < -0.4 is 0 Å². The third-order valence-corrected chi connectivity index (χ3v) is 2.70. The number of aromatic nitrogens is 2. The Bertz CT molecular complexity index is 559. The molecule has 2 rings (SSSR count). The van der Waals surface area contributed by atoms with E-state index in [4.69, 9.17) is 0 Å². The number of halogens is 3. The first-order valence-electron chi connectivity index (χ1n) is 5.36. The van der Waals surface area contributed by atoms with Crippen LogP contribution in [0.2, 0.25) is 0 Å². The fourth-order valence-electron chi connectivity index (χ4n) is 1.50. The lowest BCUT2D eigenvalue weighted by atomic mass is 10.1. The van der Waals surface area contributed by atoms with Gasteiger partial charge in [0.1, 0.15) is 5.69 Å². The van der Waals surface area contributed by atoms with E-state index in [0.29, 0.717) is 11.3 Å². The third kappa shape index (κ3) is 2.50. The monoisotopic (exact) mass is 252 g/mol. The van der Waals surface area contributed by atoms with E-state index in [1.165, 1.54) is 12.3 Å². The second-order valence-corrected chi connectivity index (χ2v) is 4.03. The van der Waals surface area contributed by atoms with E-state index in [1.807, 2.05) is 19.9 Å².